The van der Waals surface area contributed by atoms with Gasteiger partial charge in [0, 0.05) is 12.1 Å². The zero-order valence-corrected chi connectivity index (χ0v) is 12.2. The molecule has 2 unspecified atom stereocenters. The lowest BCUT2D eigenvalue weighted by Crippen LogP contribution is -2.36. The summed E-state index contributed by atoms with van der Waals surface area (Å²) in [7, 11) is 0. The van der Waals surface area contributed by atoms with Crippen LogP contribution in [0.4, 0.5) is 0 Å². The van der Waals surface area contributed by atoms with Crippen molar-refractivity contribution < 1.29 is 5.11 Å². The van der Waals surface area contributed by atoms with E-state index in [9.17, 15) is 5.11 Å². The van der Waals surface area contributed by atoms with Crippen molar-refractivity contribution in [1.82, 2.24) is 5.32 Å². The number of rotatable bonds is 5. The van der Waals surface area contributed by atoms with Crippen LogP contribution in [0.1, 0.15) is 56.7 Å². The smallest absolute Gasteiger partial charge is 0.0584 e. The minimum atomic E-state index is 0.219. The first kappa shape index (κ1) is 14.5. The van der Waals surface area contributed by atoms with Gasteiger partial charge in [-0.1, -0.05) is 44.5 Å². The quantitative estimate of drug-likeness (QED) is 0.796. The Hall–Kier alpha value is -0.860. The molecule has 0 radical (unpaired) electrons. The van der Waals surface area contributed by atoms with Gasteiger partial charge in [-0.2, -0.15) is 0 Å². The van der Waals surface area contributed by atoms with Crippen molar-refractivity contribution in [1.29, 1.82) is 0 Å². The van der Waals surface area contributed by atoms with Crippen molar-refractivity contribution in [2.75, 3.05) is 6.61 Å². The summed E-state index contributed by atoms with van der Waals surface area (Å²) in [6.45, 7) is 4.66. The first-order valence-corrected chi connectivity index (χ1v) is 7.65. The fraction of sp³-hybridized carbons (Fsp3) is 0.647. The highest BCUT2D eigenvalue weighted by atomic mass is 16.3. The Balaban J connectivity index is 2.10. The van der Waals surface area contributed by atoms with Crippen molar-refractivity contribution in [2.45, 2.75) is 58.0 Å². The molecule has 1 aliphatic rings. The highest BCUT2D eigenvalue weighted by molar-refractivity contribution is 5.31. The van der Waals surface area contributed by atoms with Crippen molar-refractivity contribution in [3.8, 4) is 0 Å². The lowest BCUT2D eigenvalue weighted by atomic mass is 9.96. The van der Waals surface area contributed by atoms with Gasteiger partial charge in [0.05, 0.1) is 6.61 Å². The van der Waals surface area contributed by atoms with Crippen LogP contribution in [0.5, 0.6) is 0 Å². The summed E-state index contributed by atoms with van der Waals surface area (Å²) in [6, 6.07) is 9.41. The zero-order valence-electron chi connectivity index (χ0n) is 12.2. The van der Waals surface area contributed by atoms with E-state index < -0.39 is 0 Å². The Morgan fingerprint density at radius 3 is 2.79 bits per heavy atom. The molecule has 0 aromatic heterocycles. The average Bonchev–Trinajstić information content (AvgIpc) is 2.60. The predicted molar refractivity (Wildman–Crippen MR) is 80.2 cm³/mol. The summed E-state index contributed by atoms with van der Waals surface area (Å²) in [4.78, 5) is 0. The molecule has 2 N–H and O–H groups in total. The van der Waals surface area contributed by atoms with Crippen molar-refractivity contribution >= 4 is 0 Å². The zero-order chi connectivity index (χ0) is 13.7. The van der Waals surface area contributed by atoms with E-state index in [0.29, 0.717) is 12.0 Å². The fourth-order valence-corrected chi connectivity index (χ4v) is 3.14. The second-order valence-corrected chi connectivity index (χ2v) is 6.17. The van der Waals surface area contributed by atoms with Gasteiger partial charge in [-0.3, -0.25) is 0 Å². The lowest BCUT2D eigenvalue weighted by molar-refractivity contribution is 0.210. The molecule has 19 heavy (non-hydrogen) atoms. The van der Waals surface area contributed by atoms with Crippen LogP contribution in [0.25, 0.3) is 0 Å². The van der Waals surface area contributed by atoms with Gasteiger partial charge in [0.25, 0.3) is 0 Å². The molecule has 2 heteroatoms. The van der Waals surface area contributed by atoms with E-state index in [1.54, 1.807) is 0 Å². The van der Waals surface area contributed by atoms with Crippen LogP contribution in [-0.4, -0.2) is 17.8 Å². The van der Waals surface area contributed by atoms with Gasteiger partial charge >= 0.3 is 0 Å². The Morgan fingerprint density at radius 1 is 1.26 bits per heavy atom. The minimum Gasteiger partial charge on any atom is -0.395 e. The molecule has 0 bridgehead atoms. The number of nitrogens with one attached hydrogen (secondary N) is 1. The largest absolute Gasteiger partial charge is 0.395 e. The third-order valence-electron chi connectivity index (χ3n) is 4.03. The van der Waals surface area contributed by atoms with Gasteiger partial charge < -0.3 is 10.4 Å². The molecule has 2 rings (SSSR count). The van der Waals surface area contributed by atoms with Crippen LogP contribution in [0.15, 0.2) is 24.3 Å². The molecule has 1 aliphatic carbocycles. The molecule has 1 aromatic carbocycles. The molecule has 0 fully saturated rings. The van der Waals surface area contributed by atoms with Gasteiger partial charge in [0.1, 0.15) is 0 Å². The summed E-state index contributed by atoms with van der Waals surface area (Å²) in [6.07, 6.45) is 5.97. The molecule has 2 nitrogen and oxygen atoms in total. The number of benzene rings is 1. The molecule has 0 spiro atoms. The Bertz CT molecular complexity index is 389. The maximum absolute atomic E-state index is 9.56. The standard InChI is InChI=1S/C17H27NO/c1-13(2)11-15(12-19)18-17-10-6-4-8-14-7-3-5-9-16(14)17/h3,5,7,9,13,15,17-19H,4,6,8,10-12H2,1-2H3. The molecule has 0 saturated heterocycles. The van der Waals surface area contributed by atoms with E-state index >= 15 is 0 Å². The van der Waals surface area contributed by atoms with Gasteiger partial charge in [-0.05, 0) is 42.7 Å². The van der Waals surface area contributed by atoms with Gasteiger partial charge in [0.15, 0.2) is 0 Å². The number of hydrogen-bond acceptors (Lipinski definition) is 2. The number of aliphatic hydroxyl groups excluding tert-OH is 1. The van der Waals surface area contributed by atoms with E-state index in [2.05, 4.69) is 43.4 Å². The van der Waals surface area contributed by atoms with Crippen LogP contribution in [0.2, 0.25) is 0 Å². The monoisotopic (exact) mass is 261 g/mol. The second kappa shape index (κ2) is 7.06. The fourth-order valence-electron chi connectivity index (χ4n) is 3.14. The Labute approximate surface area is 117 Å². The van der Waals surface area contributed by atoms with E-state index in [1.165, 1.54) is 36.8 Å². The van der Waals surface area contributed by atoms with Crippen LogP contribution in [0, 0.1) is 5.92 Å². The number of aryl methyl sites for hydroxylation is 1. The summed E-state index contributed by atoms with van der Waals surface area (Å²) < 4.78 is 0. The highest BCUT2D eigenvalue weighted by Crippen LogP contribution is 2.29. The maximum Gasteiger partial charge on any atom is 0.0584 e. The second-order valence-electron chi connectivity index (χ2n) is 6.17. The van der Waals surface area contributed by atoms with Crippen LogP contribution < -0.4 is 5.32 Å². The van der Waals surface area contributed by atoms with Crippen molar-refractivity contribution in [3.05, 3.63) is 35.4 Å². The maximum atomic E-state index is 9.56. The predicted octanol–water partition coefficient (Wildman–Crippen LogP) is 3.45. The SMILES string of the molecule is CC(C)CC(CO)NC1CCCCc2ccccc21. The van der Waals surface area contributed by atoms with Crippen molar-refractivity contribution in [3.63, 3.8) is 0 Å². The van der Waals surface area contributed by atoms with Crippen LogP contribution in [-0.2, 0) is 6.42 Å². The summed E-state index contributed by atoms with van der Waals surface area (Å²) in [5, 5.41) is 13.2. The minimum absolute atomic E-state index is 0.219. The molecule has 0 amide bonds. The third-order valence-corrected chi connectivity index (χ3v) is 4.03. The average molecular weight is 261 g/mol. The Kier molecular flexibility index (Phi) is 5.41. The van der Waals surface area contributed by atoms with Crippen LogP contribution in [0.3, 0.4) is 0 Å². The normalized spacial score (nSPS) is 20.9. The molecular formula is C17H27NO. The molecule has 0 saturated carbocycles. The van der Waals surface area contributed by atoms with E-state index in [1.807, 2.05) is 0 Å². The Morgan fingerprint density at radius 2 is 2.05 bits per heavy atom. The van der Waals surface area contributed by atoms with Gasteiger partial charge in [-0.25, -0.2) is 0 Å². The molecule has 0 aliphatic heterocycles. The molecule has 0 heterocycles. The third kappa shape index (κ3) is 4.05. The van der Waals surface area contributed by atoms with E-state index in [-0.39, 0.29) is 12.6 Å². The first-order chi connectivity index (χ1) is 9.20. The highest BCUT2D eigenvalue weighted by Gasteiger charge is 2.21. The summed E-state index contributed by atoms with van der Waals surface area (Å²) in [5.41, 5.74) is 2.93. The molecular weight excluding hydrogens is 234 g/mol. The number of aliphatic hydroxyl groups is 1. The molecule has 2 atom stereocenters. The van der Waals surface area contributed by atoms with Gasteiger partial charge in [0.2, 0.25) is 0 Å². The topological polar surface area (TPSA) is 32.3 Å². The number of fused-ring (bicyclic) bond motifs is 1. The van der Waals surface area contributed by atoms with Crippen LogP contribution >= 0.6 is 0 Å². The lowest BCUT2D eigenvalue weighted by Gasteiger charge is -2.26. The van der Waals surface area contributed by atoms with E-state index in [4.69, 9.17) is 0 Å². The van der Waals surface area contributed by atoms with E-state index in [0.717, 1.165) is 6.42 Å². The van der Waals surface area contributed by atoms with Crippen molar-refractivity contribution in [2.24, 2.45) is 5.92 Å². The number of hydrogen-bond donors (Lipinski definition) is 2. The molecule has 106 valence electrons. The summed E-state index contributed by atoms with van der Waals surface area (Å²) >= 11 is 0. The summed E-state index contributed by atoms with van der Waals surface area (Å²) in [5.74, 6) is 0.616. The molecule has 1 aromatic rings. The first-order valence-electron chi connectivity index (χ1n) is 7.65. The van der Waals surface area contributed by atoms with Gasteiger partial charge in [-0.15, -0.1) is 0 Å².